The first-order valence-electron chi connectivity index (χ1n) is 10.8. The molecule has 166 valence electrons. The van der Waals surface area contributed by atoms with E-state index in [9.17, 15) is 4.79 Å². The van der Waals surface area contributed by atoms with Gasteiger partial charge in [0, 0.05) is 13.7 Å². The molecule has 5 N–H and O–H groups in total. The monoisotopic (exact) mass is 426 g/mol. The number of imidazole rings is 1. The number of anilines is 1. The Balaban J connectivity index is 1.68. The van der Waals surface area contributed by atoms with Crippen molar-refractivity contribution in [2.75, 3.05) is 32.6 Å². The van der Waals surface area contributed by atoms with E-state index < -0.39 is 0 Å². The van der Waals surface area contributed by atoms with Crippen LogP contribution in [0.5, 0.6) is 6.01 Å². The van der Waals surface area contributed by atoms with Crippen molar-refractivity contribution in [1.82, 2.24) is 19.5 Å². The highest BCUT2D eigenvalue weighted by Crippen LogP contribution is 2.33. The van der Waals surface area contributed by atoms with Crippen LogP contribution in [-0.2, 0) is 4.74 Å². The summed E-state index contributed by atoms with van der Waals surface area (Å²) in [5.74, 6) is 0.769. The maximum atomic E-state index is 12.8. The summed E-state index contributed by atoms with van der Waals surface area (Å²) >= 11 is 0. The maximum absolute atomic E-state index is 12.8. The molecule has 1 saturated carbocycles. The topological polar surface area (TPSA) is 134 Å². The third kappa shape index (κ3) is 4.42. The molecular weight excluding hydrogens is 396 g/mol. The molecule has 1 aliphatic carbocycles. The fraction of sp³-hybridized carbons (Fsp3) is 0.500. The number of nitrogens with two attached hydrogens (primary N) is 2. The predicted octanol–water partition coefficient (Wildman–Crippen LogP) is 2.32. The second kappa shape index (κ2) is 9.49. The molecule has 2 heterocycles. The molecule has 0 radical (unpaired) electrons. The molecule has 1 atom stereocenters. The number of benzene rings is 1. The third-order valence-electron chi connectivity index (χ3n) is 6.03. The largest absolute Gasteiger partial charge is 0.461 e. The highest BCUT2D eigenvalue weighted by atomic mass is 16.5. The van der Waals surface area contributed by atoms with Crippen LogP contribution >= 0.6 is 0 Å². The number of nitrogens with one attached hydrogen (secondary N) is 1. The molecule has 1 aromatic carbocycles. The Kier molecular flexibility index (Phi) is 6.53. The van der Waals surface area contributed by atoms with Crippen LogP contribution in [0.2, 0.25) is 0 Å². The zero-order valence-corrected chi connectivity index (χ0v) is 17.8. The van der Waals surface area contributed by atoms with E-state index in [0.29, 0.717) is 23.7 Å². The molecule has 0 aliphatic heterocycles. The van der Waals surface area contributed by atoms with Crippen molar-refractivity contribution in [2.45, 2.75) is 44.1 Å². The summed E-state index contributed by atoms with van der Waals surface area (Å²) in [6.07, 6.45) is 6.39. The first kappa shape index (κ1) is 21.3. The van der Waals surface area contributed by atoms with Crippen LogP contribution < -0.4 is 21.9 Å². The number of hydrogen-bond acceptors (Lipinski definition) is 7. The average molecular weight is 427 g/mol. The number of nitrogens with zero attached hydrogens (tertiary/aromatic N) is 3. The second-order valence-electron chi connectivity index (χ2n) is 7.98. The van der Waals surface area contributed by atoms with Gasteiger partial charge in [-0.1, -0.05) is 43.5 Å². The number of methoxy groups -OCH3 is 1. The van der Waals surface area contributed by atoms with Crippen molar-refractivity contribution in [3.8, 4) is 6.01 Å². The molecule has 1 unspecified atom stereocenters. The van der Waals surface area contributed by atoms with Gasteiger partial charge in [0.15, 0.2) is 11.5 Å². The molecule has 1 aliphatic rings. The third-order valence-corrected chi connectivity index (χ3v) is 6.03. The minimum absolute atomic E-state index is 0.0956. The number of fused-ring (bicyclic) bond motifs is 1. The fourth-order valence-electron chi connectivity index (χ4n) is 4.39. The molecule has 0 saturated heterocycles. The molecule has 0 bridgehead atoms. The number of rotatable bonds is 8. The number of aromatic nitrogens is 4. The molecular formula is C22H30N6O3. The maximum Gasteiger partial charge on any atom is 0.328 e. The van der Waals surface area contributed by atoms with Gasteiger partial charge in [-0.25, -0.2) is 4.79 Å². The average Bonchev–Trinajstić information content (AvgIpc) is 3.12. The minimum atomic E-state index is -0.386. The van der Waals surface area contributed by atoms with Crippen molar-refractivity contribution in [3.63, 3.8) is 0 Å². The van der Waals surface area contributed by atoms with Crippen molar-refractivity contribution in [3.05, 3.63) is 45.9 Å². The van der Waals surface area contributed by atoms with Gasteiger partial charge in [0.05, 0.1) is 12.6 Å². The van der Waals surface area contributed by atoms with Crippen molar-refractivity contribution >= 4 is 17.0 Å². The summed E-state index contributed by atoms with van der Waals surface area (Å²) in [5.41, 5.74) is 14.9. The summed E-state index contributed by atoms with van der Waals surface area (Å²) in [7, 11) is 1.58. The van der Waals surface area contributed by atoms with Crippen LogP contribution in [0.4, 0.5) is 5.82 Å². The van der Waals surface area contributed by atoms with E-state index >= 15 is 0 Å². The van der Waals surface area contributed by atoms with E-state index in [1.807, 2.05) is 0 Å². The molecule has 9 nitrogen and oxygen atoms in total. The molecule has 9 heteroatoms. The van der Waals surface area contributed by atoms with Gasteiger partial charge in [0.25, 0.3) is 0 Å². The van der Waals surface area contributed by atoms with E-state index in [4.69, 9.17) is 20.9 Å². The summed E-state index contributed by atoms with van der Waals surface area (Å²) in [5, 5.41) is 0. The van der Waals surface area contributed by atoms with Gasteiger partial charge in [-0.05, 0) is 29.9 Å². The number of H-pyrrole nitrogens is 1. The standard InChI is InChI=1S/C22H30N6O3/c1-30-11-12-31-21-26-19(24)18-20(27-21)28(22(29)25-18)17(13-23)16-9-7-15(8-10-16)14-5-3-2-4-6-14/h7-10,14,17H,2-6,11-13,23H2,1H3,(H,25,29)(H2,24,26,27). The van der Waals surface area contributed by atoms with Crippen LogP contribution in [0.25, 0.3) is 11.2 Å². The van der Waals surface area contributed by atoms with Gasteiger partial charge in [-0.2, -0.15) is 9.97 Å². The highest BCUT2D eigenvalue weighted by molar-refractivity contribution is 5.82. The van der Waals surface area contributed by atoms with Gasteiger partial charge >= 0.3 is 11.7 Å². The summed E-state index contributed by atoms with van der Waals surface area (Å²) in [4.78, 5) is 24.1. The molecule has 0 amide bonds. The lowest BCUT2D eigenvalue weighted by molar-refractivity contribution is 0.141. The van der Waals surface area contributed by atoms with Crippen LogP contribution in [0, 0.1) is 0 Å². The Hall–Kier alpha value is -2.91. The summed E-state index contributed by atoms with van der Waals surface area (Å²) in [6.45, 7) is 0.901. The van der Waals surface area contributed by atoms with E-state index in [1.54, 1.807) is 7.11 Å². The Morgan fingerprint density at radius 3 is 2.58 bits per heavy atom. The number of ether oxygens (including phenoxy) is 2. The molecule has 31 heavy (non-hydrogen) atoms. The molecule has 0 spiro atoms. The second-order valence-corrected chi connectivity index (χ2v) is 7.98. The number of aromatic amines is 1. The molecule has 1 fully saturated rings. The Bertz CT molecular complexity index is 1070. The molecule has 3 aromatic rings. The van der Waals surface area contributed by atoms with E-state index in [-0.39, 0.29) is 36.7 Å². The first-order valence-corrected chi connectivity index (χ1v) is 10.8. The van der Waals surface area contributed by atoms with Crippen molar-refractivity contribution < 1.29 is 9.47 Å². The van der Waals surface area contributed by atoms with Crippen molar-refractivity contribution in [1.29, 1.82) is 0 Å². The lowest BCUT2D eigenvalue weighted by Crippen LogP contribution is -2.29. The zero-order chi connectivity index (χ0) is 21.8. The lowest BCUT2D eigenvalue weighted by atomic mass is 9.83. The van der Waals surface area contributed by atoms with Crippen LogP contribution in [-0.4, -0.2) is 46.4 Å². The summed E-state index contributed by atoms with van der Waals surface area (Å²) < 4.78 is 12.0. The van der Waals surface area contributed by atoms with Crippen LogP contribution in [0.3, 0.4) is 0 Å². The van der Waals surface area contributed by atoms with E-state index in [2.05, 4.69) is 39.2 Å². The quantitative estimate of drug-likeness (QED) is 0.471. The fourth-order valence-corrected chi connectivity index (χ4v) is 4.39. The van der Waals surface area contributed by atoms with E-state index in [0.717, 1.165) is 5.56 Å². The SMILES string of the molecule is COCCOc1nc(N)c2[nH]c(=O)n(C(CN)c3ccc(C4CCCCC4)cc3)c2n1. The van der Waals surface area contributed by atoms with Gasteiger partial charge in [0.1, 0.15) is 12.1 Å². The Morgan fingerprint density at radius 2 is 1.90 bits per heavy atom. The van der Waals surface area contributed by atoms with Crippen LogP contribution in [0.1, 0.15) is 55.2 Å². The highest BCUT2D eigenvalue weighted by Gasteiger charge is 2.22. The first-order chi connectivity index (χ1) is 15.1. The molecule has 4 rings (SSSR count). The zero-order valence-electron chi connectivity index (χ0n) is 17.8. The Labute approximate surface area is 180 Å². The Morgan fingerprint density at radius 1 is 1.16 bits per heavy atom. The van der Waals surface area contributed by atoms with Gasteiger partial charge in [-0.15, -0.1) is 0 Å². The van der Waals surface area contributed by atoms with Gasteiger partial charge in [0.2, 0.25) is 0 Å². The number of hydrogen-bond donors (Lipinski definition) is 3. The summed E-state index contributed by atoms with van der Waals surface area (Å²) in [6, 6.07) is 8.16. The van der Waals surface area contributed by atoms with Gasteiger partial charge < -0.3 is 25.9 Å². The van der Waals surface area contributed by atoms with Gasteiger partial charge in [-0.3, -0.25) is 4.57 Å². The molecule has 2 aromatic heterocycles. The van der Waals surface area contributed by atoms with E-state index in [1.165, 1.54) is 42.2 Å². The van der Waals surface area contributed by atoms with Crippen LogP contribution in [0.15, 0.2) is 29.1 Å². The predicted molar refractivity (Wildman–Crippen MR) is 119 cm³/mol. The van der Waals surface area contributed by atoms with Crippen molar-refractivity contribution in [2.24, 2.45) is 5.73 Å². The number of nitrogen functional groups attached to an aromatic ring is 1. The minimum Gasteiger partial charge on any atom is -0.461 e. The lowest BCUT2D eigenvalue weighted by Gasteiger charge is -2.23. The smallest absolute Gasteiger partial charge is 0.328 e. The normalized spacial score (nSPS) is 15.9.